The maximum atomic E-state index is 13.7. The van der Waals surface area contributed by atoms with Crippen LogP contribution in [0.15, 0.2) is 29.2 Å². The molecule has 0 radical (unpaired) electrons. The fraction of sp³-hybridized carbons (Fsp3) is 0.708. The van der Waals surface area contributed by atoms with Crippen molar-refractivity contribution in [3.05, 3.63) is 29.3 Å². The van der Waals surface area contributed by atoms with E-state index in [1.165, 1.54) is 0 Å². The van der Waals surface area contributed by atoms with Crippen molar-refractivity contribution in [2.45, 2.75) is 99.8 Å². The van der Waals surface area contributed by atoms with E-state index in [4.69, 9.17) is 16.3 Å². The van der Waals surface area contributed by atoms with E-state index in [-0.39, 0.29) is 17.0 Å². The van der Waals surface area contributed by atoms with Crippen LogP contribution in [0.2, 0.25) is 5.02 Å². The van der Waals surface area contributed by atoms with Gasteiger partial charge in [-0.05, 0) is 75.6 Å². The summed E-state index contributed by atoms with van der Waals surface area (Å²) in [5, 5.41) is 11.0. The number of piperidine rings is 2. The number of hydrogen-bond donors (Lipinski definition) is 1. The summed E-state index contributed by atoms with van der Waals surface area (Å²) >= 11 is 5.99. The highest BCUT2D eigenvalue weighted by atomic mass is 35.5. The van der Waals surface area contributed by atoms with E-state index in [2.05, 4.69) is 0 Å². The van der Waals surface area contributed by atoms with Crippen LogP contribution in [0, 0.1) is 0 Å². The van der Waals surface area contributed by atoms with E-state index in [0.717, 1.165) is 12.8 Å². The fourth-order valence-corrected chi connectivity index (χ4v) is 7.48. The number of carbonyl (C=O) groups excluding carboxylic acids is 1. The largest absolute Gasteiger partial charge is 0.441 e. The molecule has 1 aromatic carbocycles. The molecule has 33 heavy (non-hydrogen) atoms. The predicted molar refractivity (Wildman–Crippen MR) is 127 cm³/mol. The molecular weight excluding hydrogens is 464 g/mol. The number of amides is 1. The van der Waals surface area contributed by atoms with E-state index in [0.29, 0.717) is 63.1 Å². The summed E-state index contributed by atoms with van der Waals surface area (Å²) in [5.74, 6) is 0. The Labute approximate surface area is 202 Å². The second kappa shape index (κ2) is 9.36. The van der Waals surface area contributed by atoms with Gasteiger partial charge in [0.05, 0.1) is 16.5 Å². The summed E-state index contributed by atoms with van der Waals surface area (Å²) in [6, 6.07) is 5.77. The average molecular weight is 499 g/mol. The number of aliphatic hydroxyl groups is 1. The molecular formula is C24H35ClN2O5S. The summed E-state index contributed by atoms with van der Waals surface area (Å²) < 4.78 is 35.2. The number of carbonyl (C=O) groups is 1. The van der Waals surface area contributed by atoms with Gasteiger partial charge in [0, 0.05) is 24.2 Å². The van der Waals surface area contributed by atoms with Gasteiger partial charge in [-0.2, -0.15) is 4.31 Å². The van der Waals surface area contributed by atoms with Gasteiger partial charge >= 0.3 is 6.09 Å². The minimum absolute atomic E-state index is 0.129. The lowest BCUT2D eigenvalue weighted by molar-refractivity contribution is -0.0412. The maximum absolute atomic E-state index is 13.7. The first-order chi connectivity index (χ1) is 15.6. The summed E-state index contributed by atoms with van der Waals surface area (Å²) in [6.45, 7) is 4.87. The van der Waals surface area contributed by atoms with Gasteiger partial charge in [-0.15, -0.1) is 0 Å². The number of rotatable bonds is 6. The van der Waals surface area contributed by atoms with Crippen LogP contribution in [0.25, 0.3) is 0 Å². The number of ether oxygens (including phenoxy) is 1. The molecule has 1 N–H and O–H groups in total. The van der Waals surface area contributed by atoms with Gasteiger partial charge in [0.2, 0.25) is 10.0 Å². The Hall–Kier alpha value is -1.35. The molecule has 1 aromatic rings. The van der Waals surface area contributed by atoms with Crippen molar-refractivity contribution >= 4 is 27.7 Å². The van der Waals surface area contributed by atoms with Gasteiger partial charge in [-0.25, -0.2) is 13.2 Å². The molecule has 9 heteroatoms. The zero-order chi connectivity index (χ0) is 23.9. The van der Waals surface area contributed by atoms with Gasteiger partial charge < -0.3 is 14.7 Å². The Morgan fingerprint density at radius 2 is 1.76 bits per heavy atom. The topological polar surface area (TPSA) is 87.2 Å². The molecule has 0 aromatic heterocycles. The van der Waals surface area contributed by atoms with Crippen LogP contribution in [0.5, 0.6) is 0 Å². The highest BCUT2D eigenvalue weighted by molar-refractivity contribution is 7.89. The normalized spacial score (nSPS) is 27.2. The molecule has 2 saturated heterocycles. The number of sulfonamides is 1. The zero-order valence-electron chi connectivity index (χ0n) is 19.5. The van der Waals surface area contributed by atoms with E-state index >= 15 is 0 Å². The quantitative estimate of drug-likeness (QED) is 0.620. The molecule has 0 spiro atoms. The molecule has 2 atom stereocenters. The van der Waals surface area contributed by atoms with Crippen molar-refractivity contribution in [1.29, 1.82) is 0 Å². The second-order valence-electron chi connectivity index (χ2n) is 9.80. The van der Waals surface area contributed by atoms with Gasteiger partial charge in [0.15, 0.2) is 0 Å². The molecule has 3 aliphatic rings. The average Bonchev–Trinajstić information content (AvgIpc) is 3.59. The first kappa shape index (κ1) is 24.8. The van der Waals surface area contributed by atoms with Crippen LogP contribution in [-0.2, 0) is 14.8 Å². The van der Waals surface area contributed by atoms with Crippen molar-refractivity contribution in [3.8, 4) is 0 Å². The Kier molecular flexibility index (Phi) is 7.03. The second-order valence-corrected chi connectivity index (χ2v) is 12.1. The summed E-state index contributed by atoms with van der Waals surface area (Å²) in [7, 11) is -3.78. The van der Waals surface area contributed by atoms with E-state index in [1.54, 1.807) is 33.5 Å². The Bertz CT molecular complexity index is 956. The molecule has 2 heterocycles. The molecule has 2 aliphatic heterocycles. The zero-order valence-corrected chi connectivity index (χ0v) is 21.1. The molecule has 0 unspecified atom stereocenters. The van der Waals surface area contributed by atoms with Crippen LogP contribution in [0.3, 0.4) is 0 Å². The monoisotopic (exact) mass is 498 g/mol. The Morgan fingerprint density at radius 3 is 2.30 bits per heavy atom. The molecule has 7 nitrogen and oxygen atoms in total. The van der Waals surface area contributed by atoms with E-state index in [1.807, 2.05) is 13.8 Å². The van der Waals surface area contributed by atoms with Gasteiger partial charge in [-0.3, -0.25) is 0 Å². The van der Waals surface area contributed by atoms with Gasteiger partial charge in [0.1, 0.15) is 5.60 Å². The fourth-order valence-electron chi connectivity index (χ4n) is 5.35. The number of hydrogen-bond acceptors (Lipinski definition) is 5. The Balaban J connectivity index is 1.55. The SMILES string of the molecule is CC[C@@H]1CCC[C@H](C2(OC(=O)N3CCC(O)(CC)CC3)CC2)N1S(=O)(=O)c1ccc(Cl)cc1. The van der Waals surface area contributed by atoms with Crippen LogP contribution in [-0.4, -0.2) is 65.2 Å². The molecule has 0 bridgehead atoms. The van der Waals surface area contributed by atoms with Crippen LogP contribution >= 0.6 is 11.6 Å². The molecule has 1 aliphatic carbocycles. The number of halogens is 1. The smallest absolute Gasteiger partial charge is 0.410 e. The lowest BCUT2D eigenvalue weighted by Gasteiger charge is -2.45. The minimum Gasteiger partial charge on any atom is -0.441 e. The summed E-state index contributed by atoms with van der Waals surface area (Å²) in [6.07, 6.45) is 5.74. The highest BCUT2D eigenvalue weighted by Gasteiger charge is 2.59. The van der Waals surface area contributed by atoms with Crippen molar-refractivity contribution in [1.82, 2.24) is 9.21 Å². The number of benzene rings is 1. The van der Waals surface area contributed by atoms with E-state index < -0.39 is 27.3 Å². The lowest BCUT2D eigenvalue weighted by Crippen LogP contribution is -2.57. The number of likely N-dealkylation sites (tertiary alicyclic amines) is 1. The van der Waals surface area contributed by atoms with Crippen molar-refractivity contribution < 1.29 is 23.1 Å². The summed E-state index contributed by atoms with van der Waals surface area (Å²) in [4.78, 5) is 14.9. The van der Waals surface area contributed by atoms with Crippen LogP contribution in [0.4, 0.5) is 4.79 Å². The van der Waals surface area contributed by atoms with Gasteiger partial charge in [-0.1, -0.05) is 31.9 Å². The third-order valence-electron chi connectivity index (χ3n) is 7.79. The van der Waals surface area contributed by atoms with Crippen molar-refractivity contribution in [2.24, 2.45) is 0 Å². The standard InChI is InChI=1S/C24H35ClN2O5S/c1-3-19-6-5-7-21(27(19)33(30,31)20-10-8-18(25)9-11-20)24(12-13-24)32-22(28)26-16-14-23(29,4-2)15-17-26/h8-11,19,21,29H,3-7,12-17H2,1-2H3/t19-,21-/m1/s1. The van der Waals surface area contributed by atoms with Gasteiger partial charge in [0.25, 0.3) is 0 Å². The first-order valence-corrected chi connectivity index (χ1v) is 14.0. The number of nitrogens with zero attached hydrogens (tertiary/aromatic N) is 2. The Morgan fingerprint density at radius 1 is 1.12 bits per heavy atom. The first-order valence-electron chi connectivity index (χ1n) is 12.1. The third-order valence-corrected chi connectivity index (χ3v) is 10.0. The predicted octanol–water partition coefficient (Wildman–Crippen LogP) is 4.57. The molecule has 4 rings (SSSR count). The lowest BCUT2D eigenvalue weighted by atomic mass is 9.89. The molecule has 3 fully saturated rings. The van der Waals surface area contributed by atoms with Crippen LogP contribution in [0.1, 0.15) is 71.6 Å². The van der Waals surface area contributed by atoms with Crippen LogP contribution < -0.4 is 0 Å². The highest BCUT2D eigenvalue weighted by Crippen LogP contribution is 2.50. The third kappa shape index (κ3) is 4.90. The molecule has 184 valence electrons. The molecule has 1 amide bonds. The van der Waals surface area contributed by atoms with Crippen molar-refractivity contribution in [3.63, 3.8) is 0 Å². The van der Waals surface area contributed by atoms with E-state index in [9.17, 15) is 18.3 Å². The summed E-state index contributed by atoms with van der Waals surface area (Å²) in [5.41, 5.74) is -1.49. The van der Waals surface area contributed by atoms with Crippen molar-refractivity contribution in [2.75, 3.05) is 13.1 Å². The maximum Gasteiger partial charge on any atom is 0.410 e. The molecule has 1 saturated carbocycles. The minimum atomic E-state index is -3.78.